The van der Waals surface area contributed by atoms with E-state index < -0.39 is 24.8 Å². The van der Waals surface area contributed by atoms with Crippen LogP contribution in [0.1, 0.15) is 32.6 Å². The van der Waals surface area contributed by atoms with Crippen molar-refractivity contribution in [3.05, 3.63) is 23.4 Å². The molecule has 0 amide bonds. The zero-order chi connectivity index (χ0) is 15.4. The lowest BCUT2D eigenvalue weighted by atomic mass is 9.79. The predicted molar refractivity (Wildman–Crippen MR) is 76.0 cm³/mol. The van der Waals surface area contributed by atoms with E-state index in [1.165, 1.54) is 0 Å². The number of carbonyl (C=O) groups is 1. The monoisotopic (exact) mass is 297 g/mol. The molecule has 6 heteroatoms. The second-order valence-corrected chi connectivity index (χ2v) is 5.69. The van der Waals surface area contributed by atoms with Gasteiger partial charge in [-0.2, -0.15) is 0 Å². The highest BCUT2D eigenvalue weighted by molar-refractivity contribution is 5.67. The second-order valence-electron chi connectivity index (χ2n) is 5.69. The molecule has 4 N–H and O–H groups in total. The van der Waals surface area contributed by atoms with Crippen LogP contribution in [-0.2, 0) is 9.63 Å². The topological polar surface area (TPSA) is 99.0 Å². The maximum atomic E-state index is 10.4. The number of rotatable bonds is 8. The van der Waals surface area contributed by atoms with Crippen LogP contribution in [0.5, 0.6) is 0 Å². The number of carboxylic acid groups (broad SMARTS) is 1. The van der Waals surface area contributed by atoms with Gasteiger partial charge in [-0.1, -0.05) is 25.5 Å². The van der Waals surface area contributed by atoms with Crippen molar-refractivity contribution in [2.45, 2.75) is 44.8 Å². The third kappa shape index (κ3) is 3.84. The third-order valence-electron chi connectivity index (χ3n) is 4.13. The van der Waals surface area contributed by atoms with Gasteiger partial charge in [-0.25, -0.2) is 4.79 Å². The van der Waals surface area contributed by atoms with E-state index in [0.717, 1.165) is 30.5 Å². The molecule has 2 aliphatic carbocycles. The summed E-state index contributed by atoms with van der Waals surface area (Å²) in [6, 6.07) is 0. The molecule has 0 aliphatic heterocycles. The molecule has 4 atom stereocenters. The molecule has 2 rings (SSSR count). The fourth-order valence-corrected chi connectivity index (χ4v) is 3.04. The lowest BCUT2D eigenvalue weighted by Crippen LogP contribution is -2.30. The van der Waals surface area contributed by atoms with Crippen LogP contribution in [0.25, 0.3) is 0 Å². The molecule has 0 bridgehead atoms. The van der Waals surface area contributed by atoms with Gasteiger partial charge in [-0.3, -0.25) is 10.3 Å². The van der Waals surface area contributed by atoms with Gasteiger partial charge in [0.05, 0.1) is 12.2 Å². The Hall–Kier alpha value is -1.37. The highest BCUT2D eigenvalue weighted by atomic mass is 16.7. The largest absolute Gasteiger partial charge is 0.479 e. The summed E-state index contributed by atoms with van der Waals surface area (Å²) in [6.45, 7) is 1.62. The summed E-state index contributed by atoms with van der Waals surface area (Å²) in [5.74, 6) is -0.737. The van der Waals surface area contributed by atoms with Crippen molar-refractivity contribution in [3.63, 3.8) is 0 Å². The Morgan fingerprint density at radius 2 is 2.29 bits per heavy atom. The van der Waals surface area contributed by atoms with Crippen molar-refractivity contribution in [2.75, 3.05) is 6.61 Å². The molecule has 6 nitrogen and oxygen atoms in total. The Labute approximate surface area is 124 Å². The van der Waals surface area contributed by atoms with Gasteiger partial charge in [0.25, 0.3) is 0 Å². The Kier molecular flexibility index (Phi) is 5.39. The minimum absolute atomic E-state index is 0.0246. The zero-order valence-electron chi connectivity index (χ0n) is 12.2. The van der Waals surface area contributed by atoms with Gasteiger partial charge in [0.1, 0.15) is 0 Å². The highest BCUT2D eigenvalue weighted by Gasteiger charge is 2.44. The maximum Gasteiger partial charge on any atom is 0.332 e. The smallest absolute Gasteiger partial charge is 0.332 e. The summed E-state index contributed by atoms with van der Waals surface area (Å²) in [4.78, 5) is 15.2. The second kappa shape index (κ2) is 7.06. The van der Waals surface area contributed by atoms with E-state index in [4.69, 9.17) is 9.94 Å². The number of aliphatic hydroxyl groups excluding tert-OH is 2. The lowest BCUT2D eigenvalue weighted by Gasteiger charge is -2.31. The van der Waals surface area contributed by atoms with Gasteiger partial charge in [0.15, 0.2) is 6.61 Å². The molecule has 21 heavy (non-hydrogen) atoms. The van der Waals surface area contributed by atoms with E-state index in [0.29, 0.717) is 6.42 Å². The Bertz CT molecular complexity index is 445. The molecule has 1 saturated carbocycles. The minimum Gasteiger partial charge on any atom is -0.479 e. The first-order valence-corrected chi connectivity index (χ1v) is 7.38. The van der Waals surface area contributed by atoms with E-state index in [-0.39, 0.29) is 11.8 Å². The average molecular weight is 297 g/mol. The van der Waals surface area contributed by atoms with Gasteiger partial charge in [0, 0.05) is 11.6 Å². The van der Waals surface area contributed by atoms with Crippen molar-refractivity contribution in [1.29, 1.82) is 0 Å². The number of hydrogen-bond acceptors (Lipinski definition) is 5. The molecule has 0 radical (unpaired) electrons. The van der Waals surface area contributed by atoms with E-state index in [2.05, 4.69) is 5.48 Å². The standard InChI is InChI=1S/C15H23NO5/c1-2-3-9(17)4-5-10-11-6-13(12(11)7-14(10)18)16-21-8-15(19)20/h4-5,9-11,14,16-18H,2-3,6-8H2,1H3,(H,19,20)/t9?,10?,11-,14?/m0/s1. The van der Waals surface area contributed by atoms with Crippen LogP contribution in [0.2, 0.25) is 0 Å². The Morgan fingerprint density at radius 1 is 1.52 bits per heavy atom. The van der Waals surface area contributed by atoms with Crippen LogP contribution in [0.3, 0.4) is 0 Å². The summed E-state index contributed by atoms with van der Waals surface area (Å²) in [7, 11) is 0. The quantitative estimate of drug-likeness (QED) is 0.393. The highest BCUT2D eigenvalue weighted by Crippen LogP contribution is 2.49. The van der Waals surface area contributed by atoms with Crippen molar-refractivity contribution < 1.29 is 25.0 Å². The number of hydrogen-bond donors (Lipinski definition) is 4. The fraction of sp³-hybridized carbons (Fsp3) is 0.667. The molecule has 0 saturated heterocycles. The first-order chi connectivity index (χ1) is 10.0. The maximum absolute atomic E-state index is 10.4. The third-order valence-corrected chi connectivity index (χ3v) is 4.13. The van der Waals surface area contributed by atoms with Crippen LogP contribution in [0, 0.1) is 11.8 Å². The molecular formula is C15H23NO5. The molecule has 0 aromatic heterocycles. The molecule has 0 aromatic rings. The number of nitrogens with one attached hydrogen (secondary N) is 1. The van der Waals surface area contributed by atoms with E-state index >= 15 is 0 Å². The normalized spacial score (nSPS) is 29.4. The van der Waals surface area contributed by atoms with Crippen LogP contribution < -0.4 is 5.48 Å². The van der Waals surface area contributed by atoms with Crippen LogP contribution >= 0.6 is 0 Å². The van der Waals surface area contributed by atoms with E-state index in [1.54, 1.807) is 6.08 Å². The number of allylic oxidation sites excluding steroid dienone is 1. The van der Waals surface area contributed by atoms with Gasteiger partial charge >= 0.3 is 5.97 Å². The van der Waals surface area contributed by atoms with Crippen LogP contribution in [0.4, 0.5) is 0 Å². The molecule has 2 aliphatic rings. The predicted octanol–water partition coefficient (Wildman–Crippen LogP) is 0.964. The Balaban J connectivity index is 1.88. The van der Waals surface area contributed by atoms with Crippen LogP contribution in [-0.4, -0.2) is 40.1 Å². The molecule has 0 aromatic carbocycles. The van der Waals surface area contributed by atoms with Gasteiger partial charge in [-0.15, -0.1) is 0 Å². The molecule has 1 fully saturated rings. The van der Waals surface area contributed by atoms with Crippen LogP contribution in [0.15, 0.2) is 23.4 Å². The number of aliphatic carboxylic acids is 1. The Morgan fingerprint density at radius 3 is 2.95 bits per heavy atom. The molecule has 0 spiro atoms. The van der Waals surface area contributed by atoms with Crippen molar-refractivity contribution >= 4 is 5.97 Å². The van der Waals surface area contributed by atoms with Gasteiger partial charge in [-0.05, 0) is 30.8 Å². The fourth-order valence-electron chi connectivity index (χ4n) is 3.04. The first kappa shape index (κ1) is 16.0. The average Bonchev–Trinajstić information content (AvgIpc) is 2.65. The first-order valence-electron chi connectivity index (χ1n) is 7.38. The summed E-state index contributed by atoms with van der Waals surface area (Å²) in [5, 5.41) is 28.3. The summed E-state index contributed by atoms with van der Waals surface area (Å²) < 4.78 is 0. The molecular weight excluding hydrogens is 274 g/mol. The van der Waals surface area contributed by atoms with Crippen molar-refractivity contribution in [3.8, 4) is 0 Å². The van der Waals surface area contributed by atoms with Gasteiger partial charge < -0.3 is 15.3 Å². The zero-order valence-corrected chi connectivity index (χ0v) is 12.2. The summed E-state index contributed by atoms with van der Waals surface area (Å²) >= 11 is 0. The minimum atomic E-state index is -1.03. The van der Waals surface area contributed by atoms with E-state index in [9.17, 15) is 15.0 Å². The number of carboxylic acids is 1. The molecule has 3 unspecified atom stereocenters. The van der Waals surface area contributed by atoms with Gasteiger partial charge in [0.2, 0.25) is 0 Å². The van der Waals surface area contributed by atoms with E-state index in [1.807, 2.05) is 13.0 Å². The summed E-state index contributed by atoms with van der Waals surface area (Å²) in [6.07, 6.45) is 5.74. The number of aliphatic hydroxyl groups is 2. The summed E-state index contributed by atoms with van der Waals surface area (Å²) in [5.41, 5.74) is 4.65. The lowest BCUT2D eigenvalue weighted by molar-refractivity contribution is -0.144. The SMILES string of the molecule is CCCC(O)C=CC1C(O)CC2=C(NOCC(=O)O)C[C@H]21. The number of hydroxylamine groups is 1. The molecule has 0 heterocycles. The van der Waals surface area contributed by atoms with Crippen molar-refractivity contribution in [1.82, 2.24) is 5.48 Å². The van der Waals surface area contributed by atoms with Crippen molar-refractivity contribution in [2.24, 2.45) is 11.8 Å². The number of fused-ring (bicyclic) bond motifs is 1. The molecule has 118 valence electrons.